The highest BCUT2D eigenvalue weighted by Crippen LogP contribution is 2.36. The van der Waals surface area contributed by atoms with Crippen LogP contribution in [0.3, 0.4) is 0 Å². The maximum atomic E-state index is 13.1. The second-order valence-electron chi connectivity index (χ2n) is 6.27. The molecule has 0 unspecified atom stereocenters. The highest BCUT2D eigenvalue weighted by Gasteiger charge is 2.32. The Kier molecular flexibility index (Phi) is 4.16. The van der Waals surface area contributed by atoms with Gasteiger partial charge in [0.1, 0.15) is 28.2 Å². The summed E-state index contributed by atoms with van der Waals surface area (Å²) in [5.74, 6) is 0.0732. The minimum absolute atomic E-state index is 0.0764. The minimum atomic E-state index is -0.313. The monoisotopic (exact) mass is 381 g/mol. The second kappa shape index (κ2) is 6.51. The van der Waals surface area contributed by atoms with E-state index in [1.165, 1.54) is 23.5 Å². The van der Waals surface area contributed by atoms with Crippen LogP contribution in [0.1, 0.15) is 10.6 Å². The molecule has 0 spiro atoms. The van der Waals surface area contributed by atoms with Crippen LogP contribution < -0.4 is 4.90 Å². The molecule has 0 saturated heterocycles. The SMILES string of the molecule is Cc1cc(O)ccc1N1CC(O)=C(c2nc(-c3ccc(F)cc3)cs2)C1=N. The lowest BCUT2D eigenvalue weighted by Crippen LogP contribution is -2.26. The molecule has 3 aromatic rings. The molecule has 1 aromatic heterocycles. The van der Waals surface area contributed by atoms with Crippen LogP contribution in [0.4, 0.5) is 10.1 Å². The van der Waals surface area contributed by atoms with Crippen LogP contribution in [0, 0.1) is 18.2 Å². The third-order valence-electron chi connectivity index (χ3n) is 4.43. The lowest BCUT2D eigenvalue weighted by atomic mass is 10.1. The Labute approximate surface area is 159 Å². The van der Waals surface area contributed by atoms with Gasteiger partial charge in [0.2, 0.25) is 0 Å². The summed E-state index contributed by atoms with van der Waals surface area (Å²) in [5.41, 5.74) is 3.38. The molecule has 7 heteroatoms. The van der Waals surface area contributed by atoms with Crippen LogP contribution in [0.5, 0.6) is 5.75 Å². The molecule has 1 aliphatic heterocycles. The molecule has 136 valence electrons. The third kappa shape index (κ3) is 3.06. The number of aromatic nitrogens is 1. The highest BCUT2D eigenvalue weighted by molar-refractivity contribution is 7.11. The number of halogens is 1. The number of rotatable bonds is 3. The van der Waals surface area contributed by atoms with Crippen molar-refractivity contribution < 1.29 is 14.6 Å². The molecule has 2 aromatic carbocycles. The summed E-state index contributed by atoms with van der Waals surface area (Å²) < 4.78 is 13.1. The van der Waals surface area contributed by atoms with Gasteiger partial charge in [0, 0.05) is 16.6 Å². The predicted octanol–water partition coefficient (Wildman–Crippen LogP) is 4.73. The molecule has 0 amide bonds. The number of nitrogens with one attached hydrogen (secondary N) is 1. The number of anilines is 1. The van der Waals surface area contributed by atoms with E-state index in [2.05, 4.69) is 4.98 Å². The van der Waals surface area contributed by atoms with E-state index >= 15 is 0 Å². The van der Waals surface area contributed by atoms with Gasteiger partial charge < -0.3 is 15.1 Å². The molecule has 0 aliphatic carbocycles. The smallest absolute Gasteiger partial charge is 0.139 e. The fourth-order valence-electron chi connectivity index (χ4n) is 3.09. The molecular weight excluding hydrogens is 365 g/mol. The Bertz CT molecular complexity index is 1070. The van der Waals surface area contributed by atoms with Gasteiger partial charge in [-0.2, -0.15) is 0 Å². The highest BCUT2D eigenvalue weighted by atomic mass is 32.1. The van der Waals surface area contributed by atoms with Crippen molar-refractivity contribution in [3.8, 4) is 17.0 Å². The van der Waals surface area contributed by atoms with Gasteiger partial charge in [-0.1, -0.05) is 0 Å². The molecule has 0 atom stereocenters. The summed E-state index contributed by atoms with van der Waals surface area (Å²) in [6, 6.07) is 10.9. The van der Waals surface area contributed by atoms with E-state index < -0.39 is 0 Å². The van der Waals surface area contributed by atoms with E-state index in [0.29, 0.717) is 16.3 Å². The van der Waals surface area contributed by atoms with Crippen molar-refractivity contribution in [2.24, 2.45) is 0 Å². The van der Waals surface area contributed by atoms with Gasteiger partial charge in [0.05, 0.1) is 17.8 Å². The van der Waals surface area contributed by atoms with Crippen LogP contribution in [0.15, 0.2) is 53.6 Å². The average Bonchev–Trinajstić information content (AvgIpc) is 3.20. The van der Waals surface area contributed by atoms with Crippen molar-refractivity contribution >= 4 is 28.4 Å². The van der Waals surface area contributed by atoms with Gasteiger partial charge in [-0.15, -0.1) is 11.3 Å². The maximum Gasteiger partial charge on any atom is 0.139 e. The summed E-state index contributed by atoms with van der Waals surface area (Å²) in [6.45, 7) is 2.01. The van der Waals surface area contributed by atoms with Gasteiger partial charge in [0.15, 0.2) is 0 Å². The molecule has 2 heterocycles. The van der Waals surface area contributed by atoms with Crippen molar-refractivity contribution in [2.75, 3.05) is 11.4 Å². The number of aliphatic hydroxyl groups is 1. The second-order valence-corrected chi connectivity index (χ2v) is 7.13. The van der Waals surface area contributed by atoms with E-state index in [1.807, 2.05) is 12.3 Å². The standard InChI is InChI=1S/C20H16FN3O2S/c1-11-8-14(25)6-7-16(11)24-9-17(26)18(19(24)22)20-23-15(10-27-20)12-2-4-13(21)5-3-12/h2-8,10,22,25-26H,9H2,1H3. The summed E-state index contributed by atoms with van der Waals surface area (Å²) in [5, 5.41) is 30.9. The van der Waals surface area contributed by atoms with Gasteiger partial charge in [-0.05, 0) is 55.0 Å². The number of phenolic OH excluding ortho intramolecular Hbond substituents is 1. The number of aliphatic hydroxyl groups excluding tert-OH is 1. The van der Waals surface area contributed by atoms with E-state index in [0.717, 1.165) is 16.8 Å². The van der Waals surface area contributed by atoms with Crippen LogP contribution in [0.25, 0.3) is 16.8 Å². The molecule has 0 bridgehead atoms. The fraction of sp³-hybridized carbons (Fsp3) is 0.100. The molecular formula is C20H16FN3O2S. The fourth-order valence-corrected chi connectivity index (χ4v) is 3.99. The summed E-state index contributed by atoms with van der Waals surface area (Å²) in [6.07, 6.45) is 0. The summed E-state index contributed by atoms with van der Waals surface area (Å²) in [7, 11) is 0. The molecule has 4 rings (SSSR count). The van der Waals surface area contributed by atoms with Gasteiger partial charge >= 0.3 is 0 Å². The van der Waals surface area contributed by atoms with Crippen molar-refractivity contribution in [1.29, 1.82) is 5.41 Å². The summed E-state index contributed by atoms with van der Waals surface area (Å²) in [4.78, 5) is 6.21. The first-order chi connectivity index (χ1) is 12.9. The van der Waals surface area contributed by atoms with Gasteiger partial charge in [-0.3, -0.25) is 5.41 Å². The molecule has 0 fully saturated rings. The van der Waals surface area contributed by atoms with E-state index in [-0.39, 0.29) is 29.7 Å². The number of nitrogens with zero attached hydrogens (tertiary/aromatic N) is 2. The third-order valence-corrected chi connectivity index (χ3v) is 5.29. The van der Waals surface area contributed by atoms with Crippen molar-refractivity contribution in [2.45, 2.75) is 6.92 Å². The minimum Gasteiger partial charge on any atom is -0.510 e. The maximum absolute atomic E-state index is 13.1. The van der Waals surface area contributed by atoms with Crippen LogP contribution >= 0.6 is 11.3 Å². The zero-order valence-corrected chi connectivity index (χ0v) is 15.2. The topological polar surface area (TPSA) is 80.4 Å². The normalized spacial score (nSPS) is 14.3. The quantitative estimate of drug-likeness (QED) is 0.613. The lowest BCUT2D eigenvalue weighted by Gasteiger charge is -2.20. The molecule has 0 saturated carbocycles. The number of amidine groups is 1. The number of aromatic hydroxyl groups is 1. The number of hydrogen-bond acceptors (Lipinski definition) is 5. The van der Waals surface area contributed by atoms with Crippen molar-refractivity contribution in [1.82, 2.24) is 4.98 Å². The van der Waals surface area contributed by atoms with Crippen LogP contribution in [-0.2, 0) is 0 Å². The molecule has 1 aliphatic rings. The van der Waals surface area contributed by atoms with E-state index in [1.54, 1.807) is 35.2 Å². The zero-order chi connectivity index (χ0) is 19.1. The Morgan fingerprint density at radius 2 is 1.89 bits per heavy atom. The van der Waals surface area contributed by atoms with Crippen LogP contribution in [0.2, 0.25) is 0 Å². The molecule has 0 radical (unpaired) electrons. The van der Waals surface area contributed by atoms with Crippen molar-refractivity contribution in [3.05, 3.63) is 70.0 Å². The van der Waals surface area contributed by atoms with Crippen LogP contribution in [-0.4, -0.2) is 27.6 Å². The number of hydrogen-bond donors (Lipinski definition) is 3. The Morgan fingerprint density at radius 3 is 2.59 bits per heavy atom. The Hall–Kier alpha value is -3.19. The molecule has 27 heavy (non-hydrogen) atoms. The first-order valence-electron chi connectivity index (χ1n) is 8.24. The zero-order valence-electron chi connectivity index (χ0n) is 14.4. The Morgan fingerprint density at radius 1 is 1.15 bits per heavy atom. The first-order valence-corrected chi connectivity index (χ1v) is 9.12. The van der Waals surface area contributed by atoms with Gasteiger partial charge in [-0.25, -0.2) is 9.37 Å². The number of phenols is 1. The number of benzene rings is 2. The predicted molar refractivity (Wildman–Crippen MR) is 105 cm³/mol. The largest absolute Gasteiger partial charge is 0.510 e. The lowest BCUT2D eigenvalue weighted by molar-refractivity contribution is 0.411. The first kappa shape index (κ1) is 17.2. The van der Waals surface area contributed by atoms with Crippen molar-refractivity contribution in [3.63, 3.8) is 0 Å². The number of aryl methyl sites for hydroxylation is 1. The Balaban J connectivity index is 1.65. The van der Waals surface area contributed by atoms with Gasteiger partial charge in [0.25, 0.3) is 0 Å². The van der Waals surface area contributed by atoms with E-state index in [9.17, 15) is 14.6 Å². The average molecular weight is 381 g/mol. The summed E-state index contributed by atoms with van der Waals surface area (Å²) >= 11 is 1.33. The van der Waals surface area contributed by atoms with E-state index in [4.69, 9.17) is 5.41 Å². The number of thiazole rings is 1. The molecule has 5 nitrogen and oxygen atoms in total. The molecule has 3 N–H and O–H groups in total.